The van der Waals surface area contributed by atoms with Crippen molar-refractivity contribution in [2.45, 2.75) is 41.0 Å². The van der Waals surface area contributed by atoms with Crippen LogP contribution in [0.3, 0.4) is 0 Å². The minimum absolute atomic E-state index is 0.0495. The second kappa shape index (κ2) is 7.59. The fourth-order valence-electron chi connectivity index (χ4n) is 3.80. The van der Waals surface area contributed by atoms with Crippen molar-refractivity contribution in [2.75, 3.05) is 26.2 Å². The van der Waals surface area contributed by atoms with E-state index in [0.29, 0.717) is 26.2 Å². The van der Waals surface area contributed by atoms with E-state index < -0.39 is 0 Å². The number of aryl methyl sites for hydroxylation is 5. The summed E-state index contributed by atoms with van der Waals surface area (Å²) in [6, 6.07) is 5.98. The molecule has 1 aromatic carbocycles. The van der Waals surface area contributed by atoms with Gasteiger partial charge in [0.1, 0.15) is 0 Å². The molecule has 0 aliphatic carbocycles. The number of carbonyl (C=O) groups is 2. The van der Waals surface area contributed by atoms with Crippen LogP contribution >= 0.6 is 0 Å². The minimum atomic E-state index is 0.0495. The molecule has 1 saturated heterocycles. The van der Waals surface area contributed by atoms with Crippen molar-refractivity contribution in [1.29, 1.82) is 0 Å². The van der Waals surface area contributed by atoms with Gasteiger partial charge in [0.05, 0.1) is 5.56 Å². The van der Waals surface area contributed by atoms with Gasteiger partial charge in [0.25, 0.3) is 11.8 Å². The Kier molecular flexibility index (Phi) is 5.40. The van der Waals surface area contributed by atoms with Crippen LogP contribution in [0.2, 0.25) is 0 Å². The number of amides is 2. The minimum Gasteiger partial charge on any atom is -0.362 e. The number of aromatic nitrogens is 1. The number of nitrogens with one attached hydrogen (secondary N) is 1. The molecule has 1 fully saturated rings. The average molecular weight is 367 g/mol. The van der Waals surface area contributed by atoms with E-state index in [4.69, 9.17) is 0 Å². The van der Waals surface area contributed by atoms with Crippen LogP contribution in [0.1, 0.15) is 55.2 Å². The molecular formula is C22H29N3O2. The molecule has 1 aromatic heterocycles. The molecule has 2 aromatic rings. The first-order valence-corrected chi connectivity index (χ1v) is 9.60. The molecule has 1 N–H and O–H groups in total. The Hall–Kier alpha value is -2.56. The quantitative estimate of drug-likeness (QED) is 0.883. The van der Waals surface area contributed by atoms with Crippen molar-refractivity contribution < 1.29 is 9.59 Å². The molecule has 144 valence electrons. The predicted octanol–water partition coefficient (Wildman–Crippen LogP) is 3.55. The summed E-state index contributed by atoms with van der Waals surface area (Å²) in [5, 5.41) is 0. The molecule has 5 heteroatoms. The second-order valence-corrected chi connectivity index (χ2v) is 7.68. The van der Waals surface area contributed by atoms with Crippen molar-refractivity contribution in [1.82, 2.24) is 14.8 Å². The molecule has 0 atom stereocenters. The number of hydrogen-bond donors (Lipinski definition) is 1. The molecular weight excluding hydrogens is 338 g/mol. The Morgan fingerprint density at radius 3 is 1.85 bits per heavy atom. The van der Waals surface area contributed by atoms with Gasteiger partial charge in [-0.2, -0.15) is 0 Å². The van der Waals surface area contributed by atoms with Crippen LogP contribution in [0.15, 0.2) is 18.2 Å². The zero-order valence-corrected chi connectivity index (χ0v) is 17.0. The SMILES string of the molecule is Cc1cc(C(=O)N2CCCN(C(=O)c3cc(C)c(C)cc3C)CC2)c(C)[nH]1. The molecule has 3 rings (SSSR count). The number of benzene rings is 1. The Bertz CT molecular complexity index is 882. The van der Waals surface area contributed by atoms with Gasteiger partial charge in [-0.05, 0) is 69.9 Å². The Labute approximate surface area is 161 Å². The van der Waals surface area contributed by atoms with E-state index in [2.05, 4.69) is 18.0 Å². The fraction of sp³-hybridized carbons (Fsp3) is 0.455. The van der Waals surface area contributed by atoms with Gasteiger partial charge in [-0.3, -0.25) is 9.59 Å². The summed E-state index contributed by atoms with van der Waals surface area (Å²) in [4.78, 5) is 32.9. The fourth-order valence-corrected chi connectivity index (χ4v) is 3.80. The van der Waals surface area contributed by atoms with Gasteiger partial charge >= 0.3 is 0 Å². The van der Waals surface area contributed by atoms with Crippen molar-refractivity contribution >= 4 is 11.8 Å². The van der Waals surface area contributed by atoms with Gasteiger partial charge < -0.3 is 14.8 Å². The van der Waals surface area contributed by atoms with Gasteiger partial charge in [0.2, 0.25) is 0 Å². The molecule has 2 amide bonds. The Balaban J connectivity index is 1.73. The Morgan fingerprint density at radius 1 is 0.741 bits per heavy atom. The highest BCUT2D eigenvalue weighted by molar-refractivity contribution is 5.97. The summed E-state index contributed by atoms with van der Waals surface area (Å²) in [5.74, 6) is 0.118. The molecule has 2 heterocycles. The van der Waals surface area contributed by atoms with Gasteiger partial charge in [0, 0.05) is 43.1 Å². The summed E-state index contributed by atoms with van der Waals surface area (Å²) in [6.07, 6.45) is 0.795. The van der Waals surface area contributed by atoms with Crippen LogP contribution in [0.25, 0.3) is 0 Å². The van der Waals surface area contributed by atoms with Crippen molar-refractivity contribution in [3.05, 3.63) is 57.4 Å². The lowest BCUT2D eigenvalue weighted by Gasteiger charge is -2.23. The molecule has 27 heavy (non-hydrogen) atoms. The number of H-pyrrole nitrogens is 1. The molecule has 1 aliphatic rings. The molecule has 0 unspecified atom stereocenters. The van der Waals surface area contributed by atoms with Crippen molar-refractivity contribution in [2.24, 2.45) is 0 Å². The maximum Gasteiger partial charge on any atom is 0.255 e. The molecule has 5 nitrogen and oxygen atoms in total. The van der Waals surface area contributed by atoms with E-state index in [-0.39, 0.29) is 11.8 Å². The first kappa shape index (κ1) is 19.2. The van der Waals surface area contributed by atoms with E-state index >= 15 is 0 Å². The van der Waals surface area contributed by atoms with Gasteiger partial charge in [-0.1, -0.05) is 6.07 Å². The highest BCUT2D eigenvalue weighted by Crippen LogP contribution is 2.19. The third-order valence-corrected chi connectivity index (χ3v) is 5.52. The standard InChI is InChI=1S/C22H29N3O2/c1-14-11-16(3)19(12-15(14)2)21(26)24-7-6-8-25(10-9-24)22(27)20-13-17(4)23-18(20)5/h11-13,23H,6-10H2,1-5H3. The largest absolute Gasteiger partial charge is 0.362 e. The molecule has 0 saturated carbocycles. The molecule has 0 bridgehead atoms. The van der Waals surface area contributed by atoms with Crippen LogP contribution in [0, 0.1) is 34.6 Å². The normalized spacial score (nSPS) is 15.0. The second-order valence-electron chi connectivity index (χ2n) is 7.68. The summed E-state index contributed by atoms with van der Waals surface area (Å²) in [6.45, 7) is 12.5. The van der Waals surface area contributed by atoms with Gasteiger partial charge in [0.15, 0.2) is 0 Å². The van der Waals surface area contributed by atoms with E-state index in [1.807, 2.05) is 49.6 Å². The predicted molar refractivity (Wildman–Crippen MR) is 107 cm³/mol. The summed E-state index contributed by atoms with van der Waals surface area (Å²) in [7, 11) is 0. The molecule has 0 spiro atoms. The van der Waals surface area contributed by atoms with E-state index in [9.17, 15) is 9.59 Å². The van der Waals surface area contributed by atoms with Crippen molar-refractivity contribution in [3.63, 3.8) is 0 Å². The van der Waals surface area contributed by atoms with Crippen LogP contribution in [0.4, 0.5) is 0 Å². The average Bonchev–Trinajstić information content (AvgIpc) is 2.82. The van der Waals surface area contributed by atoms with Crippen LogP contribution < -0.4 is 0 Å². The van der Waals surface area contributed by atoms with Crippen LogP contribution in [-0.4, -0.2) is 52.8 Å². The zero-order valence-electron chi connectivity index (χ0n) is 17.0. The van der Waals surface area contributed by atoms with Gasteiger partial charge in [-0.25, -0.2) is 0 Å². The van der Waals surface area contributed by atoms with Crippen molar-refractivity contribution in [3.8, 4) is 0 Å². The monoisotopic (exact) mass is 367 g/mol. The zero-order chi connectivity index (χ0) is 19.7. The van der Waals surface area contributed by atoms with E-state index in [0.717, 1.165) is 40.1 Å². The van der Waals surface area contributed by atoms with Gasteiger partial charge in [-0.15, -0.1) is 0 Å². The number of nitrogens with zero attached hydrogens (tertiary/aromatic N) is 2. The number of aromatic amines is 1. The lowest BCUT2D eigenvalue weighted by atomic mass is 10.00. The molecule has 1 aliphatic heterocycles. The molecule has 0 radical (unpaired) electrons. The first-order chi connectivity index (χ1) is 12.8. The Morgan fingerprint density at radius 2 is 1.30 bits per heavy atom. The summed E-state index contributed by atoms with van der Waals surface area (Å²) < 4.78 is 0. The highest BCUT2D eigenvalue weighted by Gasteiger charge is 2.25. The van der Waals surface area contributed by atoms with Crippen LogP contribution in [0.5, 0.6) is 0 Å². The van der Waals surface area contributed by atoms with E-state index in [1.54, 1.807) is 0 Å². The number of hydrogen-bond acceptors (Lipinski definition) is 2. The maximum atomic E-state index is 13.1. The third kappa shape index (κ3) is 3.92. The maximum absolute atomic E-state index is 13.1. The lowest BCUT2D eigenvalue weighted by Crippen LogP contribution is -2.37. The van der Waals surface area contributed by atoms with E-state index in [1.165, 1.54) is 5.56 Å². The first-order valence-electron chi connectivity index (χ1n) is 9.60. The third-order valence-electron chi connectivity index (χ3n) is 5.52. The summed E-state index contributed by atoms with van der Waals surface area (Å²) in [5.41, 5.74) is 6.75. The number of carbonyl (C=O) groups excluding carboxylic acids is 2. The number of rotatable bonds is 2. The van der Waals surface area contributed by atoms with Crippen LogP contribution in [-0.2, 0) is 0 Å². The topological polar surface area (TPSA) is 56.4 Å². The highest BCUT2D eigenvalue weighted by atomic mass is 16.2. The smallest absolute Gasteiger partial charge is 0.255 e. The lowest BCUT2D eigenvalue weighted by molar-refractivity contribution is 0.0718. The summed E-state index contributed by atoms with van der Waals surface area (Å²) >= 11 is 0.